The fourth-order valence-corrected chi connectivity index (χ4v) is 2.11. The second-order valence-electron chi connectivity index (χ2n) is 4.62. The van der Waals surface area contributed by atoms with E-state index in [1.54, 1.807) is 0 Å². The van der Waals surface area contributed by atoms with Crippen molar-refractivity contribution < 1.29 is 9.90 Å². The number of carbonyl (C=O) groups excluding carboxylic acids is 1. The number of H-pyrrole nitrogens is 1. The SMILES string of the molecule is Cc1cc(C)c(C(=O)NCc2ccccc2CO)[nH]1. The lowest BCUT2D eigenvalue weighted by Gasteiger charge is -2.08. The highest BCUT2D eigenvalue weighted by Crippen LogP contribution is 2.11. The van der Waals surface area contributed by atoms with Crippen molar-refractivity contribution in [2.45, 2.75) is 27.0 Å². The van der Waals surface area contributed by atoms with Crippen molar-refractivity contribution in [2.75, 3.05) is 0 Å². The normalized spacial score (nSPS) is 10.5. The van der Waals surface area contributed by atoms with Crippen LogP contribution in [0.4, 0.5) is 0 Å². The summed E-state index contributed by atoms with van der Waals surface area (Å²) in [4.78, 5) is 15.1. The highest BCUT2D eigenvalue weighted by Gasteiger charge is 2.11. The molecule has 4 nitrogen and oxygen atoms in total. The lowest BCUT2D eigenvalue weighted by atomic mass is 10.1. The Kier molecular flexibility index (Phi) is 4.02. The topological polar surface area (TPSA) is 65.1 Å². The molecule has 0 aliphatic carbocycles. The van der Waals surface area contributed by atoms with Gasteiger partial charge in [0.25, 0.3) is 5.91 Å². The van der Waals surface area contributed by atoms with E-state index in [4.69, 9.17) is 0 Å². The molecule has 0 radical (unpaired) electrons. The van der Waals surface area contributed by atoms with Crippen molar-refractivity contribution >= 4 is 5.91 Å². The quantitative estimate of drug-likeness (QED) is 0.786. The third-order valence-corrected chi connectivity index (χ3v) is 3.10. The minimum absolute atomic E-state index is 0.0211. The van der Waals surface area contributed by atoms with Crippen LogP contribution in [0, 0.1) is 13.8 Å². The van der Waals surface area contributed by atoms with Gasteiger partial charge in [-0.3, -0.25) is 4.79 Å². The summed E-state index contributed by atoms with van der Waals surface area (Å²) in [6.45, 7) is 4.21. The fraction of sp³-hybridized carbons (Fsp3) is 0.267. The molecule has 0 aliphatic heterocycles. The Morgan fingerprint density at radius 2 is 1.95 bits per heavy atom. The van der Waals surface area contributed by atoms with Crippen LogP contribution in [0.3, 0.4) is 0 Å². The Hall–Kier alpha value is -2.07. The third-order valence-electron chi connectivity index (χ3n) is 3.10. The molecular formula is C15H18N2O2. The Labute approximate surface area is 112 Å². The molecule has 100 valence electrons. The maximum absolute atomic E-state index is 12.0. The van der Waals surface area contributed by atoms with Crippen LogP contribution in [0.5, 0.6) is 0 Å². The van der Waals surface area contributed by atoms with Gasteiger partial charge < -0.3 is 15.4 Å². The number of carbonyl (C=O) groups is 1. The van der Waals surface area contributed by atoms with Crippen LogP contribution in [0.1, 0.15) is 32.9 Å². The Morgan fingerprint density at radius 1 is 1.26 bits per heavy atom. The first-order valence-electron chi connectivity index (χ1n) is 6.24. The summed E-state index contributed by atoms with van der Waals surface area (Å²) >= 11 is 0. The molecule has 0 atom stereocenters. The fourth-order valence-electron chi connectivity index (χ4n) is 2.11. The zero-order chi connectivity index (χ0) is 13.8. The van der Waals surface area contributed by atoms with Crippen molar-refractivity contribution in [1.82, 2.24) is 10.3 Å². The molecule has 1 heterocycles. The zero-order valence-corrected chi connectivity index (χ0v) is 11.2. The van der Waals surface area contributed by atoms with Crippen molar-refractivity contribution in [3.8, 4) is 0 Å². The summed E-state index contributed by atoms with van der Waals surface area (Å²) in [7, 11) is 0. The second-order valence-corrected chi connectivity index (χ2v) is 4.62. The molecule has 0 fully saturated rings. The molecule has 1 amide bonds. The minimum Gasteiger partial charge on any atom is -0.392 e. The molecule has 2 rings (SSSR count). The van der Waals surface area contributed by atoms with E-state index < -0.39 is 0 Å². The Bertz CT molecular complexity index is 588. The largest absolute Gasteiger partial charge is 0.392 e. The lowest BCUT2D eigenvalue weighted by molar-refractivity contribution is 0.0945. The van der Waals surface area contributed by atoms with Crippen molar-refractivity contribution in [1.29, 1.82) is 0 Å². The molecule has 19 heavy (non-hydrogen) atoms. The van der Waals surface area contributed by atoms with Gasteiger partial charge >= 0.3 is 0 Å². The first kappa shape index (κ1) is 13.4. The number of rotatable bonds is 4. The smallest absolute Gasteiger partial charge is 0.268 e. The summed E-state index contributed by atoms with van der Waals surface area (Å²) < 4.78 is 0. The van der Waals surface area contributed by atoms with Gasteiger partial charge in [0.15, 0.2) is 0 Å². The molecular weight excluding hydrogens is 240 g/mol. The van der Waals surface area contributed by atoms with E-state index in [1.807, 2.05) is 44.2 Å². The number of hydrogen-bond donors (Lipinski definition) is 3. The molecule has 4 heteroatoms. The predicted molar refractivity (Wildman–Crippen MR) is 73.8 cm³/mol. The molecule has 3 N–H and O–H groups in total. The van der Waals surface area contributed by atoms with E-state index >= 15 is 0 Å². The maximum Gasteiger partial charge on any atom is 0.268 e. The van der Waals surface area contributed by atoms with Crippen molar-refractivity contribution in [3.63, 3.8) is 0 Å². The lowest BCUT2D eigenvalue weighted by Crippen LogP contribution is -2.24. The molecule has 0 bridgehead atoms. The number of aliphatic hydroxyl groups is 1. The molecule has 1 aromatic carbocycles. The number of nitrogens with one attached hydrogen (secondary N) is 2. The van der Waals surface area contributed by atoms with Gasteiger partial charge in [-0.2, -0.15) is 0 Å². The maximum atomic E-state index is 12.0. The average molecular weight is 258 g/mol. The summed E-state index contributed by atoms with van der Waals surface area (Å²) in [5, 5.41) is 12.1. The van der Waals surface area contributed by atoms with Gasteiger partial charge in [0.05, 0.1) is 6.61 Å². The highest BCUT2D eigenvalue weighted by molar-refractivity contribution is 5.93. The summed E-state index contributed by atoms with van der Waals surface area (Å²) in [6.07, 6.45) is 0. The van der Waals surface area contributed by atoms with Crippen LogP contribution in [0.15, 0.2) is 30.3 Å². The summed E-state index contributed by atoms with van der Waals surface area (Å²) in [5.41, 5.74) is 4.27. The second kappa shape index (κ2) is 5.71. The molecule has 0 saturated carbocycles. The van der Waals surface area contributed by atoms with Gasteiger partial charge in [-0.1, -0.05) is 24.3 Å². The van der Waals surface area contributed by atoms with Crippen LogP contribution in [-0.4, -0.2) is 16.0 Å². The number of hydrogen-bond acceptors (Lipinski definition) is 2. The van der Waals surface area contributed by atoms with Crippen LogP contribution >= 0.6 is 0 Å². The minimum atomic E-state index is -0.127. The highest BCUT2D eigenvalue weighted by atomic mass is 16.3. The standard InChI is InChI=1S/C15H18N2O2/c1-10-7-11(2)17-14(10)15(19)16-8-12-5-3-4-6-13(12)9-18/h3-7,17-18H,8-9H2,1-2H3,(H,16,19). The number of aliphatic hydroxyl groups excluding tert-OH is 1. The number of aromatic amines is 1. The van der Waals surface area contributed by atoms with E-state index in [0.717, 1.165) is 22.4 Å². The van der Waals surface area contributed by atoms with Crippen LogP contribution in [0.25, 0.3) is 0 Å². The van der Waals surface area contributed by atoms with E-state index in [9.17, 15) is 9.90 Å². The Balaban J connectivity index is 2.06. The number of benzene rings is 1. The first-order chi connectivity index (χ1) is 9.11. The van der Waals surface area contributed by atoms with Gasteiger partial charge in [0.1, 0.15) is 5.69 Å². The van der Waals surface area contributed by atoms with E-state index in [2.05, 4.69) is 10.3 Å². The predicted octanol–water partition coefficient (Wildman–Crippen LogP) is 2.05. The van der Waals surface area contributed by atoms with E-state index in [-0.39, 0.29) is 12.5 Å². The van der Waals surface area contributed by atoms with E-state index in [1.165, 1.54) is 0 Å². The average Bonchev–Trinajstić information content (AvgIpc) is 2.75. The third kappa shape index (κ3) is 3.03. The van der Waals surface area contributed by atoms with Gasteiger partial charge in [-0.15, -0.1) is 0 Å². The van der Waals surface area contributed by atoms with Crippen LogP contribution in [0.2, 0.25) is 0 Å². The monoisotopic (exact) mass is 258 g/mol. The molecule has 1 aromatic heterocycles. The van der Waals surface area contributed by atoms with Crippen molar-refractivity contribution in [3.05, 3.63) is 58.4 Å². The van der Waals surface area contributed by atoms with Crippen LogP contribution in [-0.2, 0) is 13.2 Å². The van der Waals surface area contributed by atoms with Gasteiger partial charge in [0.2, 0.25) is 0 Å². The van der Waals surface area contributed by atoms with E-state index in [0.29, 0.717) is 12.2 Å². The van der Waals surface area contributed by atoms with Gasteiger partial charge in [-0.05, 0) is 36.6 Å². The molecule has 0 spiro atoms. The molecule has 0 aliphatic rings. The number of amides is 1. The number of aryl methyl sites for hydroxylation is 2. The summed E-state index contributed by atoms with van der Waals surface area (Å²) in [5.74, 6) is -0.127. The number of aromatic nitrogens is 1. The molecule has 0 unspecified atom stereocenters. The van der Waals surface area contributed by atoms with Gasteiger partial charge in [-0.25, -0.2) is 0 Å². The Morgan fingerprint density at radius 3 is 2.53 bits per heavy atom. The zero-order valence-electron chi connectivity index (χ0n) is 11.2. The first-order valence-corrected chi connectivity index (χ1v) is 6.24. The molecule has 2 aromatic rings. The van der Waals surface area contributed by atoms with Crippen molar-refractivity contribution in [2.24, 2.45) is 0 Å². The summed E-state index contributed by atoms with van der Waals surface area (Å²) in [6, 6.07) is 9.46. The molecule has 0 saturated heterocycles. The van der Waals surface area contributed by atoms with Gasteiger partial charge in [0, 0.05) is 12.2 Å². The van der Waals surface area contributed by atoms with Crippen LogP contribution < -0.4 is 5.32 Å².